The molecule has 0 radical (unpaired) electrons. The fourth-order valence-electron chi connectivity index (χ4n) is 4.58. The van der Waals surface area contributed by atoms with Gasteiger partial charge < -0.3 is 5.11 Å². The van der Waals surface area contributed by atoms with Gasteiger partial charge in [0.2, 0.25) is 0 Å². The highest BCUT2D eigenvalue weighted by atomic mass is 16.3. The highest BCUT2D eigenvalue weighted by Gasteiger charge is 2.50. The predicted molar refractivity (Wildman–Crippen MR) is 72.9 cm³/mol. The number of aliphatic hydroxyl groups excluding tert-OH is 1. The maximum atomic E-state index is 9.91. The molecule has 1 N–H and O–H groups in total. The lowest BCUT2D eigenvalue weighted by atomic mass is 9.67. The zero-order chi connectivity index (χ0) is 12.3. The Labute approximate surface area is 107 Å². The molecule has 0 aromatic carbocycles. The molecule has 4 atom stereocenters. The minimum absolute atomic E-state index is 0.331. The van der Waals surface area contributed by atoms with Crippen LogP contribution in [-0.4, -0.2) is 11.7 Å². The molecule has 2 aliphatic rings. The Balaban J connectivity index is 1.94. The van der Waals surface area contributed by atoms with Crippen LogP contribution in [0.2, 0.25) is 0 Å². The van der Waals surface area contributed by atoms with E-state index in [1.807, 2.05) is 0 Å². The topological polar surface area (TPSA) is 20.2 Å². The summed E-state index contributed by atoms with van der Waals surface area (Å²) in [5.41, 5.74) is 0.331. The van der Waals surface area contributed by atoms with Crippen LogP contribution in [0.5, 0.6) is 0 Å². The number of aliphatic hydroxyl groups is 1. The lowest BCUT2D eigenvalue weighted by molar-refractivity contribution is 0.0373. The maximum absolute atomic E-state index is 9.91. The van der Waals surface area contributed by atoms with Gasteiger partial charge in [0.25, 0.3) is 0 Å². The largest absolute Gasteiger partial charge is 0.396 e. The van der Waals surface area contributed by atoms with Crippen molar-refractivity contribution in [2.75, 3.05) is 6.61 Å². The zero-order valence-electron chi connectivity index (χ0n) is 11.8. The normalized spacial score (nSPS) is 37.6. The standard InChI is InChI=1S/C16H30O/c1-3-5-6-13(4-2)10-16(12-17)11-14-7-8-15(16)9-14/h13-15,17H,3-12H2,1-2H3. The van der Waals surface area contributed by atoms with Gasteiger partial charge in [-0.1, -0.05) is 46.0 Å². The monoisotopic (exact) mass is 238 g/mol. The third kappa shape index (κ3) is 2.70. The second-order valence-electron chi connectivity index (χ2n) is 6.72. The lowest BCUT2D eigenvalue weighted by Gasteiger charge is -2.39. The minimum Gasteiger partial charge on any atom is -0.396 e. The van der Waals surface area contributed by atoms with E-state index in [9.17, 15) is 5.11 Å². The van der Waals surface area contributed by atoms with Crippen molar-refractivity contribution in [2.45, 2.75) is 71.6 Å². The van der Waals surface area contributed by atoms with Gasteiger partial charge in [-0.15, -0.1) is 0 Å². The van der Waals surface area contributed by atoms with Crippen molar-refractivity contribution < 1.29 is 5.11 Å². The molecule has 0 heterocycles. The van der Waals surface area contributed by atoms with Crippen LogP contribution in [0.15, 0.2) is 0 Å². The van der Waals surface area contributed by atoms with Gasteiger partial charge in [0.1, 0.15) is 0 Å². The molecule has 2 aliphatic carbocycles. The second-order valence-corrected chi connectivity index (χ2v) is 6.72. The van der Waals surface area contributed by atoms with E-state index in [-0.39, 0.29) is 0 Å². The van der Waals surface area contributed by atoms with E-state index in [0.717, 1.165) is 17.8 Å². The van der Waals surface area contributed by atoms with E-state index in [1.54, 1.807) is 0 Å². The number of hydrogen-bond donors (Lipinski definition) is 1. The quantitative estimate of drug-likeness (QED) is 0.697. The van der Waals surface area contributed by atoms with Crippen LogP contribution in [0.1, 0.15) is 71.6 Å². The molecule has 1 heteroatoms. The Morgan fingerprint density at radius 3 is 2.59 bits per heavy atom. The Morgan fingerprint density at radius 1 is 1.29 bits per heavy atom. The van der Waals surface area contributed by atoms with Crippen LogP contribution in [0.25, 0.3) is 0 Å². The summed E-state index contributed by atoms with van der Waals surface area (Å²) in [4.78, 5) is 0. The number of unbranched alkanes of at least 4 members (excludes halogenated alkanes) is 1. The number of fused-ring (bicyclic) bond motifs is 2. The van der Waals surface area contributed by atoms with Crippen molar-refractivity contribution >= 4 is 0 Å². The number of rotatable bonds is 7. The Morgan fingerprint density at radius 2 is 2.12 bits per heavy atom. The van der Waals surface area contributed by atoms with Gasteiger partial charge in [0, 0.05) is 6.61 Å². The van der Waals surface area contributed by atoms with Gasteiger partial charge in [-0.2, -0.15) is 0 Å². The van der Waals surface area contributed by atoms with E-state index in [2.05, 4.69) is 13.8 Å². The van der Waals surface area contributed by atoms with Gasteiger partial charge in [-0.05, 0) is 48.9 Å². The van der Waals surface area contributed by atoms with Gasteiger partial charge in [0.15, 0.2) is 0 Å². The first-order chi connectivity index (χ1) is 8.24. The lowest BCUT2D eigenvalue weighted by Crippen LogP contribution is -2.34. The molecule has 0 amide bonds. The molecule has 0 aromatic heterocycles. The van der Waals surface area contributed by atoms with Crippen LogP contribution in [-0.2, 0) is 0 Å². The molecule has 0 spiro atoms. The third-order valence-corrected chi connectivity index (χ3v) is 5.66. The summed E-state index contributed by atoms with van der Waals surface area (Å²) in [6.45, 7) is 5.07. The van der Waals surface area contributed by atoms with Crippen LogP contribution < -0.4 is 0 Å². The van der Waals surface area contributed by atoms with Crippen molar-refractivity contribution in [1.29, 1.82) is 0 Å². The summed E-state index contributed by atoms with van der Waals surface area (Å²) < 4.78 is 0. The van der Waals surface area contributed by atoms with Crippen LogP contribution in [0.3, 0.4) is 0 Å². The fraction of sp³-hybridized carbons (Fsp3) is 1.00. The summed E-state index contributed by atoms with van der Waals surface area (Å²) in [5, 5.41) is 9.91. The third-order valence-electron chi connectivity index (χ3n) is 5.66. The van der Waals surface area contributed by atoms with Crippen molar-refractivity contribution in [3.63, 3.8) is 0 Å². The molecule has 0 aromatic rings. The Bertz CT molecular complexity index is 238. The Kier molecular flexibility index (Phi) is 4.52. The predicted octanol–water partition coefficient (Wildman–Crippen LogP) is 4.39. The number of hydrogen-bond acceptors (Lipinski definition) is 1. The van der Waals surface area contributed by atoms with Gasteiger partial charge >= 0.3 is 0 Å². The molecular formula is C16H30O. The molecule has 1 nitrogen and oxygen atoms in total. The van der Waals surface area contributed by atoms with Crippen LogP contribution in [0.4, 0.5) is 0 Å². The fourth-order valence-corrected chi connectivity index (χ4v) is 4.58. The van der Waals surface area contributed by atoms with Crippen LogP contribution in [0, 0.1) is 23.2 Å². The summed E-state index contributed by atoms with van der Waals surface area (Å²) >= 11 is 0. The SMILES string of the molecule is CCCCC(CC)CC1(CO)CC2CCC1C2. The van der Waals surface area contributed by atoms with Crippen molar-refractivity contribution in [2.24, 2.45) is 23.2 Å². The molecule has 2 rings (SSSR count). The highest BCUT2D eigenvalue weighted by Crippen LogP contribution is 2.58. The van der Waals surface area contributed by atoms with E-state index >= 15 is 0 Å². The van der Waals surface area contributed by atoms with Crippen LogP contribution >= 0.6 is 0 Å². The van der Waals surface area contributed by atoms with Gasteiger partial charge in [-0.25, -0.2) is 0 Å². The average molecular weight is 238 g/mol. The molecule has 17 heavy (non-hydrogen) atoms. The summed E-state index contributed by atoms with van der Waals surface area (Å²) in [6.07, 6.45) is 12.3. The second kappa shape index (κ2) is 5.73. The zero-order valence-corrected chi connectivity index (χ0v) is 11.8. The molecular weight excluding hydrogens is 208 g/mol. The molecule has 0 aliphatic heterocycles. The Hall–Kier alpha value is -0.0400. The smallest absolute Gasteiger partial charge is 0.0490 e. The summed E-state index contributed by atoms with van der Waals surface area (Å²) in [5.74, 6) is 2.67. The van der Waals surface area contributed by atoms with E-state index in [0.29, 0.717) is 12.0 Å². The van der Waals surface area contributed by atoms with Gasteiger partial charge in [-0.3, -0.25) is 0 Å². The first kappa shape index (κ1) is 13.4. The molecule has 2 bridgehead atoms. The minimum atomic E-state index is 0.331. The first-order valence-corrected chi connectivity index (χ1v) is 7.85. The van der Waals surface area contributed by atoms with Crippen molar-refractivity contribution in [3.8, 4) is 0 Å². The molecule has 2 fully saturated rings. The highest BCUT2D eigenvalue weighted by molar-refractivity contribution is 5.00. The van der Waals surface area contributed by atoms with Gasteiger partial charge in [0.05, 0.1) is 0 Å². The summed E-state index contributed by atoms with van der Waals surface area (Å²) in [7, 11) is 0. The van der Waals surface area contributed by atoms with E-state index in [1.165, 1.54) is 57.8 Å². The first-order valence-electron chi connectivity index (χ1n) is 7.85. The molecule has 2 saturated carbocycles. The van der Waals surface area contributed by atoms with E-state index < -0.39 is 0 Å². The average Bonchev–Trinajstić information content (AvgIpc) is 2.95. The summed E-state index contributed by atoms with van der Waals surface area (Å²) in [6, 6.07) is 0. The molecule has 4 unspecified atom stereocenters. The van der Waals surface area contributed by atoms with E-state index in [4.69, 9.17) is 0 Å². The molecule has 100 valence electrons. The van der Waals surface area contributed by atoms with Crippen molar-refractivity contribution in [3.05, 3.63) is 0 Å². The van der Waals surface area contributed by atoms with Crippen molar-refractivity contribution in [1.82, 2.24) is 0 Å². The maximum Gasteiger partial charge on any atom is 0.0490 e. The molecule has 0 saturated heterocycles.